The molecule has 0 heterocycles. The Labute approximate surface area is 61.6 Å². The molecule has 0 aromatic carbocycles. The number of rotatable bonds is 6. The van der Waals surface area contributed by atoms with Crippen molar-refractivity contribution in [3.8, 4) is 0 Å². The molecule has 0 amide bonds. The minimum atomic E-state index is 0.263. The molecule has 0 fully saturated rings. The Morgan fingerprint density at radius 2 is 2.20 bits per heavy atom. The van der Waals surface area contributed by atoms with Crippen molar-refractivity contribution in [1.29, 1.82) is 0 Å². The van der Waals surface area contributed by atoms with E-state index in [9.17, 15) is 0 Å². The first kappa shape index (κ1) is 9.46. The molecule has 0 spiro atoms. The number of hydrogen-bond acceptors (Lipinski definition) is 3. The van der Waals surface area contributed by atoms with Crippen molar-refractivity contribution in [3.63, 3.8) is 0 Å². The van der Waals surface area contributed by atoms with Crippen molar-refractivity contribution in [2.75, 3.05) is 27.1 Å². The predicted molar refractivity (Wildman–Crippen MR) is 38.6 cm³/mol. The van der Waals surface area contributed by atoms with Gasteiger partial charge in [-0.25, -0.2) is 0 Å². The van der Waals surface area contributed by atoms with Gasteiger partial charge in [0.15, 0.2) is 6.79 Å². The summed E-state index contributed by atoms with van der Waals surface area (Å²) >= 11 is 0. The fourth-order valence-electron chi connectivity index (χ4n) is 0.411. The average Bonchev–Trinajstić information content (AvgIpc) is 1.89. The first-order chi connectivity index (χ1) is 4.81. The van der Waals surface area contributed by atoms with Crippen LogP contribution >= 0.6 is 0 Å². The van der Waals surface area contributed by atoms with Crippen LogP contribution in [0.2, 0.25) is 0 Å². The summed E-state index contributed by atoms with van der Waals surface area (Å²) in [7, 11) is 1.59. The van der Waals surface area contributed by atoms with Gasteiger partial charge in [-0.1, -0.05) is 6.58 Å². The first-order valence-electron chi connectivity index (χ1n) is 3.18. The minimum Gasteiger partial charge on any atom is -0.470 e. The molecule has 60 valence electrons. The number of methoxy groups -OCH3 is 1. The summed E-state index contributed by atoms with van der Waals surface area (Å²) in [6, 6.07) is 0. The van der Waals surface area contributed by atoms with Crippen LogP contribution in [-0.4, -0.2) is 27.1 Å². The van der Waals surface area contributed by atoms with Crippen molar-refractivity contribution in [3.05, 3.63) is 12.3 Å². The molecule has 0 atom stereocenters. The van der Waals surface area contributed by atoms with Crippen LogP contribution in [0.25, 0.3) is 0 Å². The number of ether oxygens (including phenoxy) is 3. The molecule has 0 aromatic rings. The van der Waals surface area contributed by atoms with E-state index in [0.29, 0.717) is 19.0 Å². The molecule has 0 N–H and O–H groups in total. The molecule has 0 saturated carbocycles. The van der Waals surface area contributed by atoms with Gasteiger partial charge in [0.25, 0.3) is 0 Å². The fourth-order valence-corrected chi connectivity index (χ4v) is 0.411. The molecule has 3 heteroatoms. The van der Waals surface area contributed by atoms with E-state index in [-0.39, 0.29) is 6.79 Å². The van der Waals surface area contributed by atoms with E-state index in [1.54, 1.807) is 7.11 Å². The van der Waals surface area contributed by atoms with E-state index in [0.717, 1.165) is 0 Å². The van der Waals surface area contributed by atoms with Crippen LogP contribution in [0.3, 0.4) is 0 Å². The second-order valence-corrected chi connectivity index (χ2v) is 1.73. The Kier molecular flexibility index (Phi) is 6.22. The fraction of sp³-hybridized carbons (Fsp3) is 0.714. The maximum Gasteiger partial charge on any atom is 0.188 e. The molecule has 0 aliphatic rings. The van der Waals surface area contributed by atoms with E-state index in [1.807, 2.05) is 6.92 Å². The lowest BCUT2D eigenvalue weighted by atomic mass is 10.6. The van der Waals surface area contributed by atoms with Crippen LogP contribution in [0.5, 0.6) is 0 Å². The Hall–Kier alpha value is -0.540. The van der Waals surface area contributed by atoms with Gasteiger partial charge in [-0.2, -0.15) is 0 Å². The normalized spacial score (nSPS) is 9.40. The van der Waals surface area contributed by atoms with Gasteiger partial charge in [-0.3, -0.25) is 0 Å². The summed E-state index contributed by atoms with van der Waals surface area (Å²) < 4.78 is 14.6. The average molecular weight is 146 g/mol. The van der Waals surface area contributed by atoms with Crippen LogP contribution < -0.4 is 0 Å². The Bertz CT molecular complexity index is 90.9. The zero-order valence-corrected chi connectivity index (χ0v) is 6.55. The van der Waals surface area contributed by atoms with Crippen molar-refractivity contribution in [2.45, 2.75) is 6.92 Å². The maximum atomic E-state index is 4.98. The van der Waals surface area contributed by atoms with Crippen LogP contribution in [0.1, 0.15) is 6.92 Å². The lowest BCUT2D eigenvalue weighted by molar-refractivity contribution is -0.0278. The SMILES string of the molecule is C=C(COC)OCOCC. The Balaban J connectivity index is 3.05. The zero-order chi connectivity index (χ0) is 7.82. The molecular weight excluding hydrogens is 132 g/mol. The van der Waals surface area contributed by atoms with Gasteiger partial charge >= 0.3 is 0 Å². The molecule has 0 aliphatic heterocycles. The lowest BCUT2D eigenvalue weighted by Gasteiger charge is -2.06. The van der Waals surface area contributed by atoms with Gasteiger partial charge in [-0.05, 0) is 6.92 Å². The summed E-state index contributed by atoms with van der Waals surface area (Å²) in [4.78, 5) is 0. The molecule has 10 heavy (non-hydrogen) atoms. The zero-order valence-electron chi connectivity index (χ0n) is 6.55. The van der Waals surface area contributed by atoms with Crippen molar-refractivity contribution < 1.29 is 14.2 Å². The van der Waals surface area contributed by atoms with Crippen LogP contribution in [0, 0.1) is 0 Å². The summed E-state index contributed by atoms with van der Waals surface area (Å²) in [6.07, 6.45) is 0. The summed E-state index contributed by atoms with van der Waals surface area (Å²) in [5.74, 6) is 0.593. The smallest absolute Gasteiger partial charge is 0.188 e. The monoisotopic (exact) mass is 146 g/mol. The van der Waals surface area contributed by atoms with Crippen molar-refractivity contribution in [2.24, 2.45) is 0 Å². The van der Waals surface area contributed by atoms with Crippen LogP contribution in [0.15, 0.2) is 12.3 Å². The van der Waals surface area contributed by atoms with Gasteiger partial charge < -0.3 is 14.2 Å². The Morgan fingerprint density at radius 3 is 2.70 bits per heavy atom. The molecular formula is C7H14O3. The topological polar surface area (TPSA) is 27.7 Å². The van der Waals surface area contributed by atoms with Gasteiger partial charge in [0.05, 0.1) is 0 Å². The molecule has 0 radical (unpaired) electrons. The highest BCUT2D eigenvalue weighted by atomic mass is 16.7. The van der Waals surface area contributed by atoms with Gasteiger partial charge in [0.1, 0.15) is 12.4 Å². The third-order valence-corrected chi connectivity index (χ3v) is 0.856. The van der Waals surface area contributed by atoms with Gasteiger partial charge in [0, 0.05) is 13.7 Å². The maximum absolute atomic E-state index is 4.98. The summed E-state index contributed by atoms with van der Waals surface area (Å²) in [5, 5.41) is 0. The van der Waals surface area contributed by atoms with E-state index in [1.165, 1.54) is 0 Å². The molecule has 0 unspecified atom stereocenters. The largest absolute Gasteiger partial charge is 0.470 e. The van der Waals surface area contributed by atoms with Crippen LogP contribution in [-0.2, 0) is 14.2 Å². The molecule has 0 rings (SSSR count). The minimum absolute atomic E-state index is 0.263. The Morgan fingerprint density at radius 1 is 1.50 bits per heavy atom. The molecule has 3 nitrogen and oxygen atoms in total. The summed E-state index contributed by atoms with van der Waals surface area (Å²) in [5.41, 5.74) is 0. The van der Waals surface area contributed by atoms with E-state index in [4.69, 9.17) is 14.2 Å². The summed E-state index contributed by atoms with van der Waals surface area (Å²) in [6.45, 7) is 6.83. The van der Waals surface area contributed by atoms with Gasteiger partial charge in [-0.15, -0.1) is 0 Å². The standard InChI is InChI=1S/C7H14O3/c1-4-9-6-10-7(2)5-8-3/h2,4-6H2,1,3H3. The predicted octanol–water partition coefficient (Wildman–Crippen LogP) is 1.16. The highest BCUT2D eigenvalue weighted by molar-refractivity contribution is 4.80. The van der Waals surface area contributed by atoms with Crippen LogP contribution in [0.4, 0.5) is 0 Å². The van der Waals surface area contributed by atoms with Gasteiger partial charge in [0.2, 0.25) is 0 Å². The lowest BCUT2D eigenvalue weighted by Crippen LogP contribution is -2.02. The third kappa shape index (κ3) is 5.59. The molecule has 0 aliphatic carbocycles. The van der Waals surface area contributed by atoms with E-state index in [2.05, 4.69) is 6.58 Å². The highest BCUT2D eigenvalue weighted by Gasteiger charge is 1.90. The quantitative estimate of drug-likeness (QED) is 0.319. The van der Waals surface area contributed by atoms with E-state index < -0.39 is 0 Å². The number of hydrogen-bond donors (Lipinski definition) is 0. The van der Waals surface area contributed by atoms with Crippen molar-refractivity contribution in [1.82, 2.24) is 0 Å². The van der Waals surface area contributed by atoms with E-state index >= 15 is 0 Å². The molecule has 0 aromatic heterocycles. The highest BCUT2D eigenvalue weighted by Crippen LogP contribution is 1.92. The molecule has 0 bridgehead atoms. The third-order valence-electron chi connectivity index (χ3n) is 0.856. The van der Waals surface area contributed by atoms with Crippen molar-refractivity contribution >= 4 is 0 Å². The first-order valence-corrected chi connectivity index (χ1v) is 3.18. The molecule has 0 saturated heterocycles. The second kappa shape index (κ2) is 6.58. The second-order valence-electron chi connectivity index (χ2n) is 1.73.